The van der Waals surface area contributed by atoms with Gasteiger partial charge >= 0.3 is 5.97 Å². The van der Waals surface area contributed by atoms with E-state index < -0.39 is 16.9 Å². The number of thiazole rings is 1. The minimum absolute atomic E-state index is 0.0483. The first kappa shape index (κ1) is 29.1. The Hall–Kier alpha value is -5.00. The number of benzene rings is 3. The predicted molar refractivity (Wildman–Crippen MR) is 169 cm³/mol. The first-order valence-electron chi connectivity index (χ1n) is 13.5. The summed E-state index contributed by atoms with van der Waals surface area (Å²) in [7, 11) is 0. The maximum absolute atomic E-state index is 14.0. The second kappa shape index (κ2) is 12.3. The van der Waals surface area contributed by atoms with Crippen LogP contribution in [0.3, 0.4) is 0 Å². The van der Waals surface area contributed by atoms with Crippen LogP contribution in [0.25, 0.3) is 17.4 Å². The zero-order chi connectivity index (χ0) is 30.8. The van der Waals surface area contributed by atoms with Crippen molar-refractivity contribution in [2.45, 2.75) is 24.5 Å². The van der Waals surface area contributed by atoms with E-state index in [4.69, 9.17) is 9.15 Å². The van der Waals surface area contributed by atoms with Crippen LogP contribution in [0.2, 0.25) is 0 Å². The minimum Gasteiger partial charge on any atom is -0.457 e. The number of fused-ring (bicyclic) bond motifs is 1. The standard InChI is InChI=1S/C33H25N3O6S2/c1-20-29(32(38)41-19-21-7-4-3-5-8-21)30(22-11-14-26(43-2)15-12-22)35-31(37)28(44-33(35)34-20)18-25-13-16-27(42-25)23-9-6-10-24(17-23)36(39)40/h3-18,30H,19H2,1-2H3. The molecule has 1 aliphatic heterocycles. The number of nitro benzene ring substituents is 1. The third-order valence-corrected chi connectivity index (χ3v) is 8.85. The summed E-state index contributed by atoms with van der Waals surface area (Å²) >= 11 is 2.79. The van der Waals surface area contributed by atoms with Gasteiger partial charge in [0.15, 0.2) is 4.80 Å². The van der Waals surface area contributed by atoms with Crippen LogP contribution in [0.4, 0.5) is 5.69 Å². The van der Waals surface area contributed by atoms with Crippen LogP contribution >= 0.6 is 23.1 Å². The maximum Gasteiger partial charge on any atom is 0.338 e. The van der Waals surface area contributed by atoms with Crippen molar-refractivity contribution in [2.24, 2.45) is 4.99 Å². The minimum atomic E-state index is -0.746. The van der Waals surface area contributed by atoms with Gasteiger partial charge in [0.25, 0.3) is 11.2 Å². The normalized spacial score (nSPS) is 14.7. The molecule has 1 aliphatic rings. The lowest BCUT2D eigenvalue weighted by molar-refractivity contribution is -0.384. The van der Waals surface area contributed by atoms with Gasteiger partial charge in [-0.25, -0.2) is 9.79 Å². The molecule has 0 spiro atoms. The van der Waals surface area contributed by atoms with Crippen molar-refractivity contribution in [3.05, 3.63) is 149 Å². The monoisotopic (exact) mass is 623 g/mol. The molecule has 9 nitrogen and oxygen atoms in total. The summed E-state index contributed by atoms with van der Waals surface area (Å²) in [6.45, 7) is 1.84. The van der Waals surface area contributed by atoms with Crippen molar-refractivity contribution in [1.82, 2.24) is 4.57 Å². The molecule has 11 heteroatoms. The van der Waals surface area contributed by atoms with Crippen LogP contribution in [-0.2, 0) is 16.1 Å². The highest BCUT2D eigenvalue weighted by atomic mass is 32.2. The number of ether oxygens (including phenoxy) is 1. The summed E-state index contributed by atoms with van der Waals surface area (Å²) in [6.07, 6.45) is 3.60. The van der Waals surface area contributed by atoms with Gasteiger partial charge in [-0.3, -0.25) is 19.5 Å². The maximum atomic E-state index is 14.0. The van der Waals surface area contributed by atoms with Crippen molar-refractivity contribution in [3.63, 3.8) is 0 Å². The van der Waals surface area contributed by atoms with E-state index in [9.17, 15) is 19.7 Å². The molecule has 6 rings (SSSR count). The van der Waals surface area contributed by atoms with E-state index in [-0.39, 0.29) is 17.9 Å². The topological polar surface area (TPSA) is 117 Å². The molecule has 0 aliphatic carbocycles. The Balaban J connectivity index is 1.40. The molecular formula is C33H25N3O6S2. The van der Waals surface area contributed by atoms with E-state index in [0.29, 0.717) is 37.7 Å². The number of hydrogen-bond acceptors (Lipinski definition) is 9. The van der Waals surface area contributed by atoms with Gasteiger partial charge in [-0.2, -0.15) is 0 Å². The smallest absolute Gasteiger partial charge is 0.338 e. The number of furan rings is 1. The highest BCUT2D eigenvalue weighted by Gasteiger charge is 2.33. The average molecular weight is 624 g/mol. The summed E-state index contributed by atoms with van der Waals surface area (Å²) in [5.74, 6) is 0.283. The molecule has 0 N–H and O–H groups in total. The summed E-state index contributed by atoms with van der Waals surface area (Å²) in [4.78, 5) is 44.4. The van der Waals surface area contributed by atoms with E-state index in [1.165, 1.54) is 28.0 Å². The Labute approximate surface area is 259 Å². The zero-order valence-corrected chi connectivity index (χ0v) is 25.3. The number of hydrogen-bond donors (Lipinski definition) is 0. The van der Waals surface area contributed by atoms with Crippen LogP contribution in [0.1, 0.15) is 29.9 Å². The first-order valence-corrected chi connectivity index (χ1v) is 15.6. The van der Waals surface area contributed by atoms with Crippen LogP contribution < -0.4 is 14.9 Å². The fourth-order valence-electron chi connectivity index (χ4n) is 4.97. The van der Waals surface area contributed by atoms with Gasteiger partial charge < -0.3 is 9.15 Å². The number of thioether (sulfide) groups is 1. The van der Waals surface area contributed by atoms with Gasteiger partial charge in [0.2, 0.25) is 0 Å². The second-order valence-electron chi connectivity index (χ2n) is 9.93. The van der Waals surface area contributed by atoms with E-state index in [1.807, 2.05) is 60.9 Å². The number of nitrogens with zero attached hydrogens (tertiary/aromatic N) is 3. The Morgan fingerprint density at radius 2 is 1.86 bits per heavy atom. The van der Waals surface area contributed by atoms with Crippen LogP contribution in [-0.4, -0.2) is 21.7 Å². The number of esters is 1. The number of allylic oxidation sites excluding steroid dienone is 1. The third kappa shape index (κ3) is 5.79. The summed E-state index contributed by atoms with van der Waals surface area (Å²) in [5, 5.41) is 11.2. The van der Waals surface area contributed by atoms with Gasteiger partial charge in [0, 0.05) is 28.7 Å². The van der Waals surface area contributed by atoms with E-state index >= 15 is 0 Å². The molecule has 5 aromatic rings. The molecule has 2 aromatic heterocycles. The lowest BCUT2D eigenvalue weighted by atomic mass is 9.96. The van der Waals surface area contributed by atoms with E-state index in [1.54, 1.807) is 49.0 Å². The number of rotatable bonds is 8. The number of aromatic nitrogens is 1. The van der Waals surface area contributed by atoms with Gasteiger partial charge in [-0.15, -0.1) is 11.8 Å². The highest BCUT2D eigenvalue weighted by molar-refractivity contribution is 7.98. The van der Waals surface area contributed by atoms with Crippen molar-refractivity contribution in [3.8, 4) is 11.3 Å². The predicted octanol–water partition coefficient (Wildman–Crippen LogP) is 5.87. The van der Waals surface area contributed by atoms with E-state index in [2.05, 4.69) is 4.99 Å². The molecule has 0 saturated heterocycles. The van der Waals surface area contributed by atoms with Gasteiger partial charge in [-0.1, -0.05) is 65.9 Å². The molecule has 3 heterocycles. The molecule has 1 unspecified atom stereocenters. The molecule has 0 fully saturated rings. The molecule has 3 aromatic carbocycles. The molecule has 220 valence electrons. The fraction of sp³-hybridized carbons (Fsp3) is 0.121. The summed E-state index contributed by atoms with van der Waals surface area (Å²) in [6, 6.07) is 25.9. The van der Waals surface area contributed by atoms with Gasteiger partial charge in [0.1, 0.15) is 18.1 Å². The first-order chi connectivity index (χ1) is 21.3. The number of non-ortho nitro benzene ring substituents is 1. The molecule has 44 heavy (non-hydrogen) atoms. The van der Waals surface area contributed by atoms with Crippen LogP contribution in [0.15, 0.2) is 121 Å². The molecular weight excluding hydrogens is 599 g/mol. The second-order valence-corrected chi connectivity index (χ2v) is 11.8. The highest BCUT2D eigenvalue weighted by Crippen LogP contribution is 2.32. The van der Waals surface area contributed by atoms with Crippen molar-refractivity contribution >= 4 is 40.8 Å². The quantitative estimate of drug-likeness (QED) is 0.0919. The largest absolute Gasteiger partial charge is 0.457 e. The molecule has 0 saturated carbocycles. The van der Waals surface area contributed by atoms with Gasteiger partial charge in [0.05, 0.1) is 26.8 Å². The fourth-order valence-corrected chi connectivity index (χ4v) is 6.41. The van der Waals surface area contributed by atoms with Crippen LogP contribution in [0.5, 0.6) is 0 Å². The van der Waals surface area contributed by atoms with Crippen molar-refractivity contribution in [1.29, 1.82) is 0 Å². The van der Waals surface area contributed by atoms with Crippen molar-refractivity contribution in [2.75, 3.05) is 6.26 Å². The molecule has 0 radical (unpaired) electrons. The Morgan fingerprint density at radius 3 is 2.59 bits per heavy atom. The van der Waals surface area contributed by atoms with Crippen LogP contribution in [0, 0.1) is 10.1 Å². The summed E-state index contributed by atoms with van der Waals surface area (Å²) in [5.41, 5.74) is 2.53. The number of carbonyl (C=O) groups is 1. The zero-order valence-electron chi connectivity index (χ0n) is 23.6. The molecule has 1 atom stereocenters. The third-order valence-electron chi connectivity index (χ3n) is 7.13. The number of nitro groups is 1. The van der Waals surface area contributed by atoms with Crippen molar-refractivity contribution < 1.29 is 18.9 Å². The average Bonchev–Trinajstić information content (AvgIpc) is 3.63. The lowest BCUT2D eigenvalue weighted by Gasteiger charge is -2.25. The Kier molecular flexibility index (Phi) is 8.14. The summed E-state index contributed by atoms with van der Waals surface area (Å²) < 4.78 is 13.6. The SMILES string of the molecule is CSc1ccc(C2C(C(=O)OCc3ccccc3)=C(C)N=c3sc(=Cc4ccc(-c5cccc([N+](=O)[O-])c5)o4)c(=O)n32)cc1. The molecule has 0 bridgehead atoms. The number of carbonyl (C=O) groups excluding carboxylic acids is 1. The van der Waals surface area contributed by atoms with E-state index in [0.717, 1.165) is 16.0 Å². The Bertz CT molecular complexity index is 2090. The Morgan fingerprint density at radius 1 is 1.09 bits per heavy atom. The van der Waals surface area contributed by atoms with Gasteiger partial charge in [-0.05, 0) is 48.6 Å². The molecule has 0 amide bonds. The lowest BCUT2D eigenvalue weighted by Crippen LogP contribution is -2.39.